The summed E-state index contributed by atoms with van der Waals surface area (Å²) in [5.74, 6) is -0.151. The van der Waals surface area contributed by atoms with E-state index in [0.29, 0.717) is 5.69 Å². The molecule has 1 heterocycles. The van der Waals surface area contributed by atoms with Crippen molar-refractivity contribution < 1.29 is 4.39 Å². The fourth-order valence-electron chi connectivity index (χ4n) is 1.57. The summed E-state index contributed by atoms with van der Waals surface area (Å²) in [5.41, 5.74) is 4.84. The maximum Gasteiger partial charge on any atom is 0.148 e. The fourth-order valence-corrected chi connectivity index (χ4v) is 1.57. The number of halogens is 1. The molecule has 0 amide bonds. The highest BCUT2D eigenvalue weighted by Gasteiger charge is 2.16. The second kappa shape index (κ2) is 2.75. The summed E-state index contributed by atoms with van der Waals surface area (Å²) in [6.07, 6.45) is 0.900. The van der Waals surface area contributed by atoms with Gasteiger partial charge in [0.1, 0.15) is 5.82 Å². The van der Waals surface area contributed by atoms with Crippen molar-refractivity contribution in [1.29, 1.82) is 0 Å². The van der Waals surface area contributed by atoms with Crippen molar-refractivity contribution in [2.75, 3.05) is 18.6 Å². The van der Waals surface area contributed by atoms with Crippen molar-refractivity contribution in [2.24, 2.45) is 0 Å². The monoisotopic (exact) mass is 166 g/mol. The number of para-hydroxylation sites is 1. The van der Waals surface area contributed by atoms with Gasteiger partial charge in [-0.2, -0.15) is 0 Å². The van der Waals surface area contributed by atoms with Crippen LogP contribution in [-0.4, -0.2) is 13.6 Å². The lowest BCUT2D eigenvalue weighted by molar-refractivity contribution is 0.579. The first-order valence-electron chi connectivity index (χ1n) is 4.03. The molecule has 0 unspecified atom stereocenters. The minimum atomic E-state index is -0.151. The number of hydrogen-bond donors (Lipinski definition) is 1. The van der Waals surface area contributed by atoms with Crippen LogP contribution in [0.15, 0.2) is 18.2 Å². The van der Waals surface area contributed by atoms with Gasteiger partial charge in [-0.3, -0.25) is 0 Å². The summed E-state index contributed by atoms with van der Waals surface area (Å²) in [6.45, 7) is 0.882. The molecule has 0 aromatic heterocycles. The first kappa shape index (κ1) is 7.55. The van der Waals surface area contributed by atoms with Crippen LogP contribution >= 0.6 is 0 Å². The molecule has 0 bridgehead atoms. The van der Waals surface area contributed by atoms with Crippen LogP contribution in [0.5, 0.6) is 0 Å². The third-order valence-electron chi connectivity index (χ3n) is 2.15. The lowest BCUT2D eigenvalue weighted by Gasteiger charge is -2.28. The highest BCUT2D eigenvalue weighted by atomic mass is 19.1. The van der Waals surface area contributed by atoms with E-state index in [4.69, 9.17) is 0 Å². The molecule has 1 N–H and O–H groups in total. The smallest absolute Gasteiger partial charge is 0.148 e. The Kier molecular flexibility index (Phi) is 1.73. The molecule has 0 atom stereocenters. The van der Waals surface area contributed by atoms with Crippen LogP contribution in [-0.2, 0) is 6.42 Å². The molecule has 1 aromatic rings. The Morgan fingerprint density at radius 3 is 3.08 bits per heavy atom. The molecule has 0 saturated carbocycles. The molecule has 0 fully saturated rings. The Hall–Kier alpha value is -1.09. The number of nitrogens with zero attached hydrogens (tertiary/aromatic N) is 1. The summed E-state index contributed by atoms with van der Waals surface area (Å²) in [7, 11) is 1.83. The first-order valence-corrected chi connectivity index (χ1v) is 4.03. The van der Waals surface area contributed by atoms with Gasteiger partial charge in [-0.15, -0.1) is 0 Å². The third kappa shape index (κ3) is 1.06. The van der Waals surface area contributed by atoms with Gasteiger partial charge in [-0.05, 0) is 18.1 Å². The van der Waals surface area contributed by atoms with Gasteiger partial charge >= 0.3 is 0 Å². The van der Waals surface area contributed by atoms with E-state index in [-0.39, 0.29) is 5.82 Å². The summed E-state index contributed by atoms with van der Waals surface area (Å²) >= 11 is 0. The number of hydrogen-bond acceptors (Lipinski definition) is 2. The van der Waals surface area contributed by atoms with Crippen LogP contribution < -0.4 is 10.4 Å². The van der Waals surface area contributed by atoms with Crippen molar-refractivity contribution in [3.8, 4) is 0 Å². The molecule has 0 aliphatic carbocycles. The van der Waals surface area contributed by atoms with Gasteiger partial charge in [0.2, 0.25) is 0 Å². The Bertz CT molecular complexity index is 299. The zero-order valence-electron chi connectivity index (χ0n) is 6.97. The third-order valence-corrected chi connectivity index (χ3v) is 2.15. The topological polar surface area (TPSA) is 15.3 Å². The van der Waals surface area contributed by atoms with Crippen molar-refractivity contribution in [1.82, 2.24) is 5.43 Å². The number of fused-ring (bicyclic) bond motifs is 1. The Labute approximate surface area is 71.0 Å². The molecule has 0 spiro atoms. The minimum absolute atomic E-state index is 0.151. The van der Waals surface area contributed by atoms with E-state index in [2.05, 4.69) is 5.43 Å². The Morgan fingerprint density at radius 1 is 1.50 bits per heavy atom. The number of rotatable bonds is 0. The fraction of sp³-hybridized carbons (Fsp3) is 0.333. The van der Waals surface area contributed by atoms with Crippen molar-refractivity contribution >= 4 is 5.69 Å². The Morgan fingerprint density at radius 2 is 2.33 bits per heavy atom. The zero-order valence-corrected chi connectivity index (χ0v) is 6.97. The second-order valence-electron chi connectivity index (χ2n) is 2.96. The quantitative estimate of drug-likeness (QED) is 0.625. The van der Waals surface area contributed by atoms with Crippen LogP contribution in [0.1, 0.15) is 5.56 Å². The molecular weight excluding hydrogens is 155 g/mol. The molecular formula is C9H11FN2. The average Bonchev–Trinajstić information content (AvgIpc) is 2.04. The van der Waals surface area contributed by atoms with Crippen LogP contribution in [0.25, 0.3) is 0 Å². The predicted octanol–water partition coefficient (Wildman–Crippen LogP) is 1.32. The molecule has 0 radical (unpaired) electrons. The molecule has 12 heavy (non-hydrogen) atoms. The summed E-state index contributed by atoms with van der Waals surface area (Å²) in [5, 5.41) is 1.74. The first-order chi connectivity index (χ1) is 5.79. The molecule has 1 aliphatic rings. The molecule has 2 rings (SSSR count). The van der Waals surface area contributed by atoms with Gasteiger partial charge in [-0.1, -0.05) is 12.1 Å². The summed E-state index contributed by atoms with van der Waals surface area (Å²) < 4.78 is 13.2. The molecule has 1 aromatic carbocycles. The lowest BCUT2D eigenvalue weighted by Crippen LogP contribution is -2.40. The maximum absolute atomic E-state index is 13.2. The van der Waals surface area contributed by atoms with Crippen LogP contribution in [0, 0.1) is 5.82 Å². The second-order valence-corrected chi connectivity index (χ2v) is 2.96. The number of anilines is 1. The minimum Gasteiger partial charge on any atom is -0.308 e. The van der Waals surface area contributed by atoms with E-state index in [1.54, 1.807) is 11.1 Å². The van der Waals surface area contributed by atoms with Gasteiger partial charge in [0, 0.05) is 13.6 Å². The normalized spacial score (nSPS) is 16.0. The van der Waals surface area contributed by atoms with Gasteiger partial charge < -0.3 is 5.01 Å². The number of benzene rings is 1. The van der Waals surface area contributed by atoms with E-state index in [9.17, 15) is 4.39 Å². The highest BCUT2D eigenvalue weighted by molar-refractivity contribution is 5.54. The van der Waals surface area contributed by atoms with E-state index >= 15 is 0 Å². The number of hydrazine groups is 1. The largest absolute Gasteiger partial charge is 0.308 e. The zero-order chi connectivity index (χ0) is 8.55. The van der Waals surface area contributed by atoms with Crippen molar-refractivity contribution in [2.45, 2.75) is 6.42 Å². The van der Waals surface area contributed by atoms with Gasteiger partial charge in [0.05, 0.1) is 5.69 Å². The standard InChI is InChI=1S/C9H11FN2/c1-12-9-7(5-6-11-12)3-2-4-8(9)10/h2-4,11H,5-6H2,1H3. The van der Waals surface area contributed by atoms with Crippen LogP contribution in [0.3, 0.4) is 0 Å². The van der Waals surface area contributed by atoms with Gasteiger partial charge in [0.25, 0.3) is 0 Å². The lowest BCUT2D eigenvalue weighted by atomic mass is 10.1. The van der Waals surface area contributed by atoms with Gasteiger partial charge in [-0.25, -0.2) is 9.82 Å². The van der Waals surface area contributed by atoms with Crippen molar-refractivity contribution in [3.05, 3.63) is 29.6 Å². The van der Waals surface area contributed by atoms with Crippen LogP contribution in [0.2, 0.25) is 0 Å². The van der Waals surface area contributed by atoms with Crippen LogP contribution in [0.4, 0.5) is 10.1 Å². The van der Waals surface area contributed by atoms with E-state index in [1.807, 2.05) is 13.1 Å². The Balaban J connectivity index is 2.53. The van der Waals surface area contributed by atoms with E-state index in [1.165, 1.54) is 6.07 Å². The molecule has 2 nitrogen and oxygen atoms in total. The summed E-state index contributed by atoms with van der Waals surface area (Å²) in [6, 6.07) is 5.21. The number of nitrogens with one attached hydrogen (secondary N) is 1. The molecule has 64 valence electrons. The maximum atomic E-state index is 13.2. The highest BCUT2D eigenvalue weighted by Crippen LogP contribution is 2.24. The van der Waals surface area contributed by atoms with Gasteiger partial charge in [0.15, 0.2) is 0 Å². The van der Waals surface area contributed by atoms with Crippen molar-refractivity contribution in [3.63, 3.8) is 0 Å². The predicted molar refractivity (Wildman–Crippen MR) is 46.5 cm³/mol. The van der Waals surface area contributed by atoms with E-state index < -0.39 is 0 Å². The molecule has 0 saturated heterocycles. The molecule has 3 heteroatoms. The summed E-state index contributed by atoms with van der Waals surface area (Å²) in [4.78, 5) is 0. The van der Waals surface area contributed by atoms with E-state index in [0.717, 1.165) is 18.5 Å². The molecule has 1 aliphatic heterocycles. The SMILES string of the molecule is CN1NCCc2cccc(F)c21. The average molecular weight is 166 g/mol.